The molecule has 6 atom stereocenters. The molecule has 41 heavy (non-hydrogen) atoms. The summed E-state index contributed by atoms with van der Waals surface area (Å²) in [4.78, 5) is 43.6. The molecule has 2 bridgehead atoms. The van der Waals surface area contributed by atoms with Crippen molar-refractivity contribution in [3.05, 3.63) is 54.6 Å². The van der Waals surface area contributed by atoms with Crippen LogP contribution in [0.5, 0.6) is 0 Å². The Morgan fingerprint density at radius 2 is 1.83 bits per heavy atom. The Balaban J connectivity index is 1.31. The number of para-hydroxylation sites is 2. The van der Waals surface area contributed by atoms with Crippen LogP contribution in [-0.2, 0) is 25.8 Å². The lowest BCUT2D eigenvalue weighted by molar-refractivity contribution is -0.146. The van der Waals surface area contributed by atoms with E-state index < -0.39 is 29.1 Å². The average molecular weight is 561 g/mol. The largest absolute Gasteiger partial charge is 0.396 e. The van der Waals surface area contributed by atoms with Crippen LogP contribution in [0.1, 0.15) is 39.5 Å². The van der Waals surface area contributed by atoms with Crippen molar-refractivity contribution < 1.29 is 24.2 Å². The first-order valence-electron chi connectivity index (χ1n) is 14.3. The van der Waals surface area contributed by atoms with Crippen molar-refractivity contribution in [1.82, 2.24) is 25.2 Å². The number of amides is 3. The maximum atomic E-state index is 14.2. The maximum absolute atomic E-state index is 14.2. The summed E-state index contributed by atoms with van der Waals surface area (Å²) < 4.78 is 8.37. The molecule has 3 unspecified atom stereocenters. The summed E-state index contributed by atoms with van der Waals surface area (Å²) in [5, 5.41) is 23.6. The summed E-state index contributed by atoms with van der Waals surface area (Å²) in [5.74, 6) is -2.45. The van der Waals surface area contributed by atoms with Gasteiger partial charge >= 0.3 is 0 Å². The number of ether oxygens (including phenoxy) is 1. The fourth-order valence-electron chi connectivity index (χ4n) is 7.28. The number of aliphatic hydroxyl groups is 1. The molecule has 3 saturated heterocycles. The van der Waals surface area contributed by atoms with E-state index in [1.54, 1.807) is 9.58 Å². The van der Waals surface area contributed by atoms with Crippen LogP contribution < -0.4 is 10.6 Å². The molecule has 3 aromatic rings. The third-order valence-electron chi connectivity index (χ3n) is 9.27. The highest BCUT2D eigenvalue weighted by atomic mass is 16.5. The van der Waals surface area contributed by atoms with Gasteiger partial charge in [-0.3, -0.25) is 14.4 Å². The van der Waals surface area contributed by atoms with Crippen LogP contribution in [0.2, 0.25) is 0 Å². The van der Waals surface area contributed by atoms with Gasteiger partial charge in [-0.2, -0.15) is 0 Å². The summed E-state index contributed by atoms with van der Waals surface area (Å²) in [7, 11) is 0. The molecule has 1 spiro atoms. The summed E-state index contributed by atoms with van der Waals surface area (Å²) in [5.41, 5.74) is 0.113. The number of nitrogens with zero attached hydrogens (tertiary/aromatic N) is 4. The predicted molar refractivity (Wildman–Crippen MR) is 150 cm³/mol. The Morgan fingerprint density at radius 3 is 2.61 bits per heavy atom. The first-order chi connectivity index (χ1) is 19.8. The Kier molecular flexibility index (Phi) is 7.03. The van der Waals surface area contributed by atoms with E-state index in [0.717, 1.165) is 5.52 Å². The second-order valence-corrected chi connectivity index (χ2v) is 11.7. The van der Waals surface area contributed by atoms with Crippen molar-refractivity contribution in [1.29, 1.82) is 0 Å². The van der Waals surface area contributed by atoms with E-state index in [1.165, 1.54) is 0 Å². The molecule has 3 aliphatic heterocycles. The van der Waals surface area contributed by atoms with E-state index in [4.69, 9.17) is 4.74 Å². The average Bonchev–Trinajstić information content (AvgIpc) is 3.64. The number of aromatic nitrogens is 3. The molecule has 216 valence electrons. The molecule has 11 nitrogen and oxygen atoms in total. The van der Waals surface area contributed by atoms with Crippen molar-refractivity contribution >= 4 is 34.4 Å². The number of likely N-dealkylation sites (tertiary alicyclic amines) is 1. The normalized spacial score (nSPS) is 30.1. The molecule has 2 aromatic carbocycles. The predicted octanol–water partition coefficient (Wildman–Crippen LogP) is 2.32. The van der Waals surface area contributed by atoms with Gasteiger partial charge in [-0.25, -0.2) is 4.68 Å². The minimum atomic E-state index is -1.13. The smallest absolute Gasteiger partial charge is 0.247 e. The lowest BCUT2D eigenvalue weighted by Gasteiger charge is -2.36. The van der Waals surface area contributed by atoms with Crippen molar-refractivity contribution in [2.24, 2.45) is 17.8 Å². The highest BCUT2D eigenvalue weighted by molar-refractivity contribution is 6.02. The second kappa shape index (κ2) is 10.5. The van der Waals surface area contributed by atoms with Crippen LogP contribution in [0.25, 0.3) is 11.0 Å². The minimum Gasteiger partial charge on any atom is -0.396 e. The number of nitrogens with one attached hydrogen (secondary N) is 2. The van der Waals surface area contributed by atoms with Gasteiger partial charge in [0, 0.05) is 18.8 Å². The maximum Gasteiger partial charge on any atom is 0.247 e. The van der Waals surface area contributed by atoms with E-state index in [1.807, 2.05) is 68.4 Å². The fraction of sp³-hybridized carbons (Fsp3) is 0.500. The lowest BCUT2D eigenvalue weighted by atomic mass is 9.62. The Morgan fingerprint density at radius 1 is 1.07 bits per heavy atom. The molecular weight excluding hydrogens is 524 g/mol. The van der Waals surface area contributed by atoms with Crippen LogP contribution in [-0.4, -0.2) is 73.1 Å². The molecule has 1 aromatic heterocycles. The zero-order valence-electron chi connectivity index (χ0n) is 23.3. The summed E-state index contributed by atoms with van der Waals surface area (Å²) in [6.07, 6.45) is 2.44. The zero-order valence-corrected chi connectivity index (χ0v) is 23.3. The Bertz CT molecular complexity index is 1460. The molecule has 11 heteroatoms. The molecule has 3 aliphatic rings. The quantitative estimate of drug-likeness (QED) is 0.324. The van der Waals surface area contributed by atoms with Gasteiger partial charge in [0.15, 0.2) is 0 Å². The molecule has 0 radical (unpaired) electrons. The van der Waals surface area contributed by atoms with Crippen molar-refractivity contribution in [2.45, 2.75) is 63.4 Å². The standard InChI is InChI=1S/C30H36N6O5/c1-19-17-30-24(23(29(19,2)41-30)26(38)32-20-11-5-3-6-12-20)28(40)35(15-9-4-10-16-37)25(30)27(39)31-18-36-22-14-8-7-13-21(22)33-34-36/h3,5-8,11-14,19,23-25,37H,4,9-10,15-18H2,1-2H3,(H,31,39)(H,32,38)/t19?,23-,24-,25?,29+,30?/m0/s1. The van der Waals surface area contributed by atoms with Gasteiger partial charge in [0.05, 0.1) is 23.0 Å². The zero-order chi connectivity index (χ0) is 28.8. The van der Waals surface area contributed by atoms with E-state index in [2.05, 4.69) is 20.9 Å². The van der Waals surface area contributed by atoms with Crippen LogP contribution in [0.3, 0.4) is 0 Å². The number of aliphatic hydroxyl groups excluding tert-OH is 1. The number of carbonyl (C=O) groups excluding carboxylic acids is 3. The number of hydrogen-bond acceptors (Lipinski definition) is 7. The van der Waals surface area contributed by atoms with Gasteiger partial charge in [0.2, 0.25) is 17.7 Å². The number of hydrogen-bond donors (Lipinski definition) is 3. The first-order valence-corrected chi connectivity index (χ1v) is 14.3. The number of rotatable bonds is 10. The Labute approximate surface area is 238 Å². The topological polar surface area (TPSA) is 139 Å². The van der Waals surface area contributed by atoms with Gasteiger partial charge < -0.3 is 25.4 Å². The monoisotopic (exact) mass is 560 g/mol. The molecule has 4 heterocycles. The summed E-state index contributed by atoms with van der Waals surface area (Å²) >= 11 is 0. The number of anilines is 1. The van der Waals surface area contributed by atoms with Crippen LogP contribution in [0, 0.1) is 17.8 Å². The molecule has 0 aliphatic carbocycles. The number of unbranched alkanes of at least 4 members (excludes halogenated alkanes) is 2. The molecule has 3 fully saturated rings. The number of carbonyl (C=O) groups is 3. The van der Waals surface area contributed by atoms with Gasteiger partial charge in [0.25, 0.3) is 0 Å². The number of benzene rings is 2. The van der Waals surface area contributed by atoms with Crippen molar-refractivity contribution in [2.75, 3.05) is 18.5 Å². The van der Waals surface area contributed by atoms with E-state index >= 15 is 0 Å². The van der Waals surface area contributed by atoms with Gasteiger partial charge in [0.1, 0.15) is 23.8 Å². The Hall–Kier alpha value is -3.83. The van der Waals surface area contributed by atoms with Crippen LogP contribution in [0.15, 0.2) is 54.6 Å². The third-order valence-corrected chi connectivity index (χ3v) is 9.27. The lowest BCUT2D eigenvalue weighted by Crippen LogP contribution is -2.56. The van der Waals surface area contributed by atoms with Gasteiger partial charge in [-0.15, -0.1) is 5.10 Å². The summed E-state index contributed by atoms with van der Waals surface area (Å²) in [6.45, 7) is 4.40. The first kappa shape index (κ1) is 27.3. The van der Waals surface area contributed by atoms with Crippen LogP contribution in [0.4, 0.5) is 5.69 Å². The fourth-order valence-corrected chi connectivity index (χ4v) is 7.28. The van der Waals surface area contributed by atoms with Crippen molar-refractivity contribution in [3.63, 3.8) is 0 Å². The summed E-state index contributed by atoms with van der Waals surface area (Å²) in [6, 6.07) is 15.7. The van der Waals surface area contributed by atoms with E-state index in [0.29, 0.717) is 43.4 Å². The SMILES string of the molecule is CC1CC23O[C@@]1(C)[C@H](C(=O)Nc1ccccc1)[C@H]2C(=O)N(CCCCCO)C3C(=O)NCn1nnc2ccccc21. The molecule has 0 saturated carbocycles. The number of fused-ring (bicyclic) bond motifs is 2. The van der Waals surface area contributed by atoms with Gasteiger partial charge in [-0.05, 0) is 62.8 Å². The van der Waals surface area contributed by atoms with Crippen LogP contribution >= 0.6 is 0 Å². The van der Waals surface area contributed by atoms with Gasteiger partial charge in [-0.1, -0.05) is 42.5 Å². The molecule has 3 amide bonds. The highest BCUT2D eigenvalue weighted by Gasteiger charge is 2.79. The van der Waals surface area contributed by atoms with E-state index in [-0.39, 0.29) is 36.9 Å². The molecule has 6 rings (SSSR count). The highest BCUT2D eigenvalue weighted by Crippen LogP contribution is 2.65. The van der Waals surface area contributed by atoms with Crippen molar-refractivity contribution in [3.8, 4) is 0 Å². The van der Waals surface area contributed by atoms with E-state index in [9.17, 15) is 19.5 Å². The third kappa shape index (κ3) is 4.38. The minimum absolute atomic E-state index is 0.0537. The molecular formula is C30H36N6O5. The molecule has 3 N–H and O–H groups in total. The second-order valence-electron chi connectivity index (χ2n) is 11.7.